The smallest absolute Gasteiger partial charge is 0.224 e. The van der Waals surface area contributed by atoms with E-state index in [1.807, 2.05) is 13.8 Å². The monoisotopic (exact) mass is 354 g/mol. The molecule has 6 heteroatoms. The molecule has 0 aromatic heterocycles. The van der Waals surface area contributed by atoms with E-state index >= 15 is 0 Å². The van der Waals surface area contributed by atoms with Crippen molar-refractivity contribution in [1.82, 2.24) is 5.32 Å². The molecule has 0 radical (unpaired) electrons. The minimum atomic E-state index is -1.17. The van der Waals surface area contributed by atoms with Crippen LogP contribution < -0.4 is 10.4 Å². The molecule has 2 atom stereocenters. The van der Waals surface area contributed by atoms with Crippen LogP contribution in [0.15, 0.2) is 29.3 Å². The van der Waals surface area contributed by atoms with Crippen LogP contribution in [0.3, 0.4) is 0 Å². The molecule has 1 N–H and O–H groups in total. The Kier molecular flexibility index (Phi) is 5.71. The Hall–Kier alpha value is -1.52. The molecule has 1 aliphatic carbocycles. The van der Waals surface area contributed by atoms with E-state index in [0.717, 1.165) is 16.7 Å². The van der Waals surface area contributed by atoms with Crippen molar-refractivity contribution < 1.29 is 14.7 Å². The molecule has 0 heterocycles. The van der Waals surface area contributed by atoms with Gasteiger partial charge in [0.1, 0.15) is 0 Å². The van der Waals surface area contributed by atoms with E-state index < -0.39 is 17.8 Å². The normalized spacial score (nSPS) is 21.2. The average Bonchev–Trinajstić information content (AvgIpc) is 2.50. The summed E-state index contributed by atoms with van der Waals surface area (Å²) in [5.41, 5.74) is 2.89. The third-order valence-corrected chi connectivity index (χ3v) is 5.10. The minimum Gasteiger partial charge on any atom is -0.550 e. The van der Waals surface area contributed by atoms with Gasteiger partial charge < -0.3 is 15.2 Å². The number of carboxylic acids is 1. The highest BCUT2D eigenvalue weighted by Crippen LogP contribution is 2.34. The first kappa shape index (κ1) is 17.8. The fraction of sp³-hybridized carbons (Fsp3) is 0.412. The van der Waals surface area contributed by atoms with Crippen molar-refractivity contribution in [2.75, 3.05) is 0 Å². The van der Waals surface area contributed by atoms with E-state index in [2.05, 4.69) is 5.32 Å². The Labute approximate surface area is 145 Å². The number of carbonyl (C=O) groups is 2. The van der Waals surface area contributed by atoms with E-state index in [4.69, 9.17) is 23.2 Å². The third-order valence-electron chi connectivity index (χ3n) is 4.36. The highest BCUT2D eigenvalue weighted by Gasteiger charge is 2.33. The van der Waals surface area contributed by atoms with Crippen molar-refractivity contribution in [3.05, 3.63) is 45.0 Å². The van der Waals surface area contributed by atoms with E-state index in [-0.39, 0.29) is 12.5 Å². The van der Waals surface area contributed by atoms with Gasteiger partial charge in [0.2, 0.25) is 5.91 Å². The largest absolute Gasteiger partial charge is 0.550 e. The summed E-state index contributed by atoms with van der Waals surface area (Å²) in [5.74, 6) is -2.84. The zero-order chi connectivity index (χ0) is 17.1. The van der Waals surface area contributed by atoms with Crippen LogP contribution in [-0.4, -0.2) is 11.9 Å². The average molecular weight is 355 g/mol. The summed E-state index contributed by atoms with van der Waals surface area (Å²) in [6.07, 6.45) is 0.802. The molecule has 1 amide bonds. The molecule has 0 aliphatic heterocycles. The Balaban J connectivity index is 2.06. The predicted molar refractivity (Wildman–Crippen MR) is 87.9 cm³/mol. The van der Waals surface area contributed by atoms with Gasteiger partial charge in [-0.05, 0) is 44.4 Å². The van der Waals surface area contributed by atoms with Crippen LogP contribution in [-0.2, 0) is 16.1 Å². The van der Waals surface area contributed by atoms with Crippen molar-refractivity contribution in [2.24, 2.45) is 11.8 Å². The molecular weight excluding hydrogens is 337 g/mol. The Morgan fingerprint density at radius 1 is 1.13 bits per heavy atom. The number of rotatable bonds is 4. The van der Waals surface area contributed by atoms with Gasteiger partial charge >= 0.3 is 0 Å². The molecule has 1 aromatic rings. The molecule has 1 aliphatic rings. The fourth-order valence-electron chi connectivity index (χ4n) is 2.79. The number of nitrogens with one attached hydrogen (secondary N) is 1. The van der Waals surface area contributed by atoms with Crippen LogP contribution in [0.5, 0.6) is 0 Å². The number of hydrogen-bond acceptors (Lipinski definition) is 3. The maximum absolute atomic E-state index is 12.4. The topological polar surface area (TPSA) is 69.2 Å². The molecule has 4 nitrogen and oxygen atoms in total. The van der Waals surface area contributed by atoms with Crippen LogP contribution in [0.1, 0.15) is 32.3 Å². The number of allylic oxidation sites excluding steroid dienone is 2. The maximum Gasteiger partial charge on any atom is 0.224 e. The van der Waals surface area contributed by atoms with E-state index in [1.54, 1.807) is 18.2 Å². The Morgan fingerprint density at radius 3 is 2.30 bits per heavy atom. The zero-order valence-electron chi connectivity index (χ0n) is 13.0. The molecular formula is C17H18Cl2NO3-. The Morgan fingerprint density at radius 2 is 1.74 bits per heavy atom. The highest BCUT2D eigenvalue weighted by atomic mass is 35.5. The molecule has 0 spiro atoms. The summed E-state index contributed by atoms with van der Waals surface area (Å²) in [4.78, 5) is 23.7. The maximum atomic E-state index is 12.4. The summed E-state index contributed by atoms with van der Waals surface area (Å²) >= 11 is 11.8. The summed E-state index contributed by atoms with van der Waals surface area (Å²) in [6, 6.07) is 5.10. The van der Waals surface area contributed by atoms with Gasteiger partial charge in [-0.3, -0.25) is 4.79 Å². The van der Waals surface area contributed by atoms with E-state index in [0.29, 0.717) is 22.9 Å². The minimum absolute atomic E-state index is 0.272. The first-order valence-electron chi connectivity index (χ1n) is 7.37. The van der Waals surface area contributed by atoms with Gasteiger partial charge in [0.25, 0.3) is 0 Å². The van der Waals surface area contributed by atoms with Gasteiger partial charge in [-0.25, -0.2) is 0 Å². The lowest BCUT2D eigenvalue weighted by atomic mass is 9.76. The standard InChI is InChI=1S/C17H19Cl2NO3/c1-9-5-12(13(17(22)23)6-10(9)2)16(21)20-8-11-3-4-14(18)15(19)7-11/h3-4,7,12-13H,5-6,8H2,1-2H3,(H,20,21)(H,22,23)/p-1/t12-,13+/m0/s1. The second-order valence-electron chi connectivity index (χ2n) is 5.97. The number of carboxylic acid groups (broad SMARTS) is 1. The molecule has 0 bridgehead atoms. The SMILES string of the molecule is CC1=C(C)C[C@@H](C(=O)[O-])[C@@H](C(=O)NCc2ccc(Cl)c(Cl)c2)C1. The molecule has 0 saturated carbocycles. The second kappa shape index (κ2) is 7.37. The highest BCUT2D eigenvalue weighted by molar-refractivity contribution is 6.42. The fourth-order valence-corrected chi connectivity index (χ4v) is 3.11. The summed E-state index contributed by atoms with van der Waals surface area (Å²) in [6.45, 7) is 4.10. The lowest BCUT2D eigenvalue weighted by molar-refractivity contribution is -0.313. The van der Waals surface area contributed by atoms with Crippen LogP contribution in [0.4, 0.5) is 0 Å². The molecule has 2 rings (SSSR count). The van der Waals surface area contributed by atoms with Gasteiger partial charge in [0.05, 0.1) is 10.0 Å². The molecule has 124 valence electrons. The number of amides is 1. The zero-order valence-corrected chi connectivity index (χ0v) is 14.5. The van der Waals surface area contributed by atoms with Gasteiger partial charge in [0, 0.05) is 24.3 Å². The van der Waals surface area contributed by atoms with E-state index in [9.17, 15) is 14.7 Å². The van der Waals surface area contributed by atoms with Crippen molar-refractivity contribution >= 4 is 35.1 Å². The molecule has 1 aromatic carbocycles. The van der Waals surface area contributed by atoms with E-state index in [1.165, 1.54) is 0 Å². The molecule has 0 saturated heterocycles. The van der Waals surface area contributed by atoms with Gasteiger partial charge in [0.15, 0.2) is 0 Å². The molecule has 0 unspecified atom stereocenters. The van der Waals surface area contributed by atoms with Crippen LogP contribution in [0.25, 0.3) is 0 Å². The first-order chi connectivity index (χ1) is 10.8. The quantitative estimate of drug-likeness (QED) is 0.845. The van der Waals surface area contributed by atoms with Crippen LogP contribution in [0, 0.1) is 11.8 Å². The van der Waals surface area contributed by atoms with Crippen molar-refractivity contribution in [1.29, 1.82) is 0 Å². The summed E-state index contributed by atoms with van der Waals surface area (Å²) in [5, 5.41) is 15.0. The lowest BCUT2D eigenvalue weighted by Gasteiger charge is -2.32. The Bertz CT molecular complexity index is 670. The van der Waals surface area contributed by atoms with Crippen molar-refractivity contribution in [3.63, 3.8) is 0 Å². The number of aliphatic carboxylic acids is 1. The molecule has 0 fully saturated rings. The number of hydrogen-bond donors (Lipinski definition) is 1. The van der Waals surface area contributed by atoms with Crippen LogP contribution >= 0.6 is 23.2 Å². The lowest BCUT2D eigenvalue weighted by Crippen LogP contribution is -2.44. The number of carbonyl (C=O) groups excluding carboxylic acids is 2. The van der Waals surface area contributed by atoms with Gasteiger partial charge in [-0.1, -0.05) is 40.4 Å². The first-order valence-corrected chi connectivity index (χ1v) is 8.13. The molecule has 23 heavy (non-hydrogen) atoms. The predicted octanol–water partition coefficient (Wildman–Crippen LogP) is 2.72. The van der Waals surface area contributed by atoms with Crippen molar-refractivity contribution in [3.8, 4) is 0 Å². The number of halogens is 2. The second-order valence-corrected chi connectivity index (χ2v) is 6.78. The summed E-state index contributed by atoms with van der Waals surface area (Å²) < 4.78 is 0. The van der Waals surface area contributed by atoms with Crippen molar-refractivity contribution in [2.45, 2.75) is 33.2 Å². The van der Waals surface area contributed by atoms with Gasteiger partial charge in [-0.15, -0.1) is 0 Å². The summed E-state index contributed by atoms with van der Waals surface area (Å²) in [7, 11) is 0. The van der Waals surface area contributed by atoms with Gasteiger partial charge in [-0.2, -0.15) is 0 Å². The third kappa shape index (κ3) is 4.27. The van der Waals surface area contributed by atoms with Crippen LogP contribution in [0.2, 0.25) is 10.0 Å². The number of benzene rings is 1.